The van der Waals surface area contributed by atoms with Gasteiger partial charge < -0.3 is 5.11 Å². The van der Waals surface area contributed by atoms with Gasteiger partial charge >= 0.3 is 5.97 Å². The van der Waals surface area contributed by atoms with Gasteiger partial charge in [-0.05, 0) is 37.3 Å². The molecule has 2 heterocycles. The lowest BCUT2D eigenvalue weighted by atomic mass is 10.1. The van der Waals surface area contributed by atoms with Gasteiger partial charge in [-0.1, -0.05) is 0 Å². The third kappa shape index (κ3) is 1.88. The number of aromatic nitrogens is 1. The number of carbonyl (C=O) groups is 3. The zero-order chi connectivity index (χ0) is 15.1. The number of imide groups is 1. The molecule has 0 bridgehead atoms. The van der Waals surface area contributed by atoms with Crippen LogP contribution in [0.5, 0.6) is 0 Å². The molecule has 2 amide bonds. The lowest BCUT2D eigenvalue weighted by Gasteiger charge is -2.15. The maximum absolute atomic E-state index is 12.4. The average Bonchev–Trinajstić information content (AvgIpc) is 2.71. The van der Waals surface area contributed by atoms with Crippen molar-refractivity contribution in [2.75, 3.05) is 4.90 Å². The molecule has 0 unspecified atom stereocenters. The van der Waals surface area contributed by atoms with Crippen molar-refractivity contribution in [2.45, 2.75) is 6.92 Å². The predicted molar refractivity (Wildman–Crippen MR) is 73.5 cm³/mol. The zero-order valence-corrected chi connectivity index (χ0v) is 11.0. The number of amides is 2. The molecule has 3 rings (SSSR count). The number of aryl methyl sites for hydroxylation is 1. The molecule has 0 fully saturated rings. The maximum Gasteiger partial charge on any atom is 0.335 e. The second kappa shape index (κ2) is 4.52. The van der Waals surface area contributed by atoms with Crippen LogP contribution in [0.25, 0.3) is 0 Å². The Hall–Kier alpha value is -3.02. The smallest absolute Gasteiger partial charge is 0.335 e. The fourth-order valence-electron chi connectivity index (χ4n) is 2.30. The Morgan fingerprint density at radius 2 is 1.86 bits per heavy atom. The van der Waals surface area contributed by atoms with Crippen LogP contribution in [0.4, 0.5) is 5.69 Å². The van der Waals surface area contributed by atoms with E-state index in [1.54, 1.807) is 25.3 Å². The first-order valence-electron chi connectivity index (χ1n) is 6.18. The first-order valence-corrected chi connectivity index (χ1v) is 6.18. The molecule has 1 aliphatic rings. The summed E-state index contributed by atoms with van der Waals surface area (Å²) in [6, 6.07) is 7.16. The number of benzene rings is 1. The van der Waals surface area contributed by atoms with E-state index in [4.69, 9.17) is 5.11 Å². The van der Waals surface area contributed by atoms with E-state index in [0.29, 0.717) is 11.4 Å². The molecule has 21 heavy (non-hydrogen) atoms. The van der Waals surface area contributed by atoms with Crippen molar-refractivity contribution in [3.8, 4) is 0 Å². The Labute approximate surface area is 119 Å². The largest absolute Gasteiger partial charge is 0.478 e. The molecule has 1 N–H and O–H groups in total. The molecule has 1 aromatic carbocycles. The number of carboxylic acids is 1. The molecule has 2 aromatic rings. The topological polar surface area (TPSA) is 87.6 Å². The summed E-state index contributed by atoms with van der Waals surface area (Å²) in [5.41, 5.74) is 1.22. The number of aromatic carboxylic acids is 1. The quantitative estimate of drug-likeness (QED) is 0.850. The highest BCUT2D eigenvalue weighted by atomic mass is 16.4. The van der Waals surface area contributed by atoms with Crippen LogP contribution in [0.3, 0.4) is 0 Å². The molecule has 1 aromatic heterocycles. The van der Waals surface area contributed by atoms with Gasteiger partial charge in [0.05, 0.1) is 28.1 Å². The van der Waals surface area contributed by atoms with Crippen molar-refractivity contribution in [3.63, 3.8) is 0 Å². The van der Waals surface area contributed by atoms with Gasteiger partial charge in [0.25, 0.3) is 11.8 Å². The molecule has 0 saturated heterocycles. The fraction of sp³-hybridized carbons (Fsp3) is 0.0667. The van der Waals surface area contributed by atoms with E-state index in [9.17, 15) is 14.4 Å². The summed E-state index contributed by atoms with van der Waals surface area (Å²) in [5.74, 6) is -2.15. The number of hydrogen-bond acceptors (Lipinski definition) is 4. The molecular formula is C15H10N2O4. The van der Waals surface area contributed by atoms with E-state index >= 15 is 0 Å². The average molecular weight is 282 g/mol. The minimum atomic E-state index is -1.14. The number of fused-ring (bicyclic) bond motifs is 1. The highest BCUT2D eigenvalue weighted by Gasteiger charge is 2.37. The van der Waals surface area contributed by atoms with Gasteiger partial charge in [-0.3, -0.25) is 14.6 Å². The summed E-state index contributed by atoms with van der Waals surface area (Å²) in [7, 11) is 0. The number of nitrogens with zero attached hydrogens (tertiary/aromatic N) is 2. The molecule has 6 heteroatoms. The van der Waals surface area contributed by atoms with Crippen LogP contribution in [0.15, 0.2) is 36.5 Å². The van der Waals surface area contributed by atoms with Crippen molar-refractivity contribution in [1.82, 2.24) is 4.98 Å². The van der Waals surface area contributed by atoms with Crippen LogP contribution in [0.1, 0.15) is 36.8 Å². The Bertz CT molecular complexity index is 798. The number of hydrogen-bond donors (Lipinski definition) is 1. The summed E-state index contributed by atoms with van der Waals surface area (Å²) < 4.78 is 0. The first kappa shape index (κ1) is 13.0. The summed E-state index contributed by atoms with van der Waals surface area (Å²) in [6.07, 6.45) is 1.57. The molecule has 104 valence electrons. The van der Waals surface area contributed by atoms with Crippen molar-refractivity contribution >= 4 is 23.5 Å². The monoisotopic (exact) mass is 282 g/mol. The van der Waals surface area contributed by atoms with Crippen molar-refractivity contribution in [2.24, 2.45) is 0 Å². The van der Waals surface area contributed by atoms with Gasteiger partial charge in [-0.15, -0.1) is 0 Å². The first-order chi connectivity index (χ1) is 10.0. The van der Waals surface area contributed by atoms with Gasteiger partial charge in [0.2, 0.25) is 0 Å². The molecule has 0 spiro atoms. The van der Waals surface area contributed by atoms with Crippen LogP contribution >= 0.6 is 0 Å². The third-order valence-electron chi connectivity index (χ3n) is 3.35. The molecule has 0 aliphatic carbocycles. The molecule has 6 nitrogen and oxygen atoms in total. The third-order valence-corrected chi connectivity index (χ3v) is 3.35. The van der Waals surface area contributed by atoms with Crippen molar-refractivity contribution < 1.29 is 19.5 Å². The molecular weight excluding hydrogens is 272 g/mol. The Balaban J connectivity index is 2.13. The Morgan fingerprint density at radius 1 is 1.14 bits per heavy atom. The molecule has 0 atom stereocenters. The van der Waals surface area contributed by atoms with Gasteiger partial charge in [-0.25, -0.2) is 9.69 Å². The normalized spacial score (nSPS) is 13.5. The van der Waals surface area contributed by atoms with E-state index in [1.165, 1.54) is 18.2 Å². The minimum absolute atomic E-state index is 0.0281. The van der Waals surface area contributed by atoms with E-state index < -0.39 is 17.8 Å². The lowest BCUT2D eigenvalue weighted by molar-refractivity contribution is 0.0696. The Morgan fingerprint density at radius 3 is 2.52 bits per heavy atom. The van der Waals surface area contributed by atoms with E-state index in [0.717, 1.165) is 4.90 Å². The van der Waals surface area contributed by atoms with E-state index in [2.05, 4.69) is 4.98 Å². The van der Waals surface area contributed by atoms with Crippen LogP contribution in [-0.2, 0) is 0 Å². The summed E-state index contributed by atoms with van der Waals surface area (Å²) in [6.45, 7) is 1.70. The van der Waals surface area contributed by atoms with Gasteiger partial charge in [-0.2, -0.15) is 0 Å². The van der Waals surface area contributed by atoms with Crippen molar-refractivity contribution in [1.29, 1.82) is 0 Å². The fourth-order valence-corrected chi connectivity index (χ4v) is 2.30. The second-order valence-corrected chi connectivity index (χ2v) is 4.62. The Kier molecular flexibility index (Phi) is 2.79. The second-order valence-electron chi connectivity index (χ2n) is 4.62. The van der Waals surface area contributed by atoms with Crippen LogP contribution in [0, 0.1) is 6.92 Å². The van der Waals surface area contributed by atoms with Gasteiger partial charge in [0, 0.05) is 6.20 Å². The standard InChI is InChI=1S/C15H10N2O4/c1-8-12(3-2-6-16-8)17-13(18)10-5-4-9(15(20)21)7-11(10)14(17)19/h2-7H,1H3,(H,20,21). The summed E-state index contributed by atoms with van der Waals surface area (Å²) >= 11 is 0. The van der Waals surface area contributed by atoms with Crippen molar-refractivity contribution in [3.05, 3.63) is 58.9 Å². The highest BCUT2D eigenvalue weighted by molar-refractivity contribution is 6.34. The predicted octanol–water partition coefficient (Wildman–Crippen LogP) is 1.89. The SMILES string of the molecule is Cc1ncccc1N1C(=O)c2ccc(C(=O)O)cc2C1=O. The lowest BCUT2D eigenvalue weighted by Crippen LogP contribution is -2.30. The molecule has 0 radical (unpaired) electrons. The van der Waals surface area contributed by atoms with Gasteiger partial charge in [0.1, 0.15) is 0 Å². The zero-order valence-electron chi connectivity index (χ0n) is 11.0. The van der Waals surface area contributed by atoms with Gasteiger partial charge in [0.15, 0.2) is 0 Å². The van der Waals surface area contributed by atoms with E-state index in [1.807, 2.05) is 0 Å². The maximum atomic E-state index is 12.4. The number of anilines is 1. The highest BCUT2D eigenvalue weighted by Crippen LogP contribution is 2.30. The van der Waals surface area contributed by atoms with E-state index in [-0.39, 0.29) is 16.7 Å². The number of pyridine rings is 1. The summed E-state index contributed by atoms with van der Waals surface area (Å²) in [5, 5.41) is 8.98. The minimum Gasteiger partial charge on any atom is -0.478 e. The summed E-state index contributed by atoms with van der Waals surface area (Å²) in [4.78, 5) is 40.9. The molecule has 0 saturated carbocycles. The number of rotatable bonds is 2. The van der Waals surface area contributed by atoms with Crippen LogP contribution in [-0.4, -0.2) is 27.9 Å². The number of carboxylic acid groups (broad SMARTS) is 1. The molecule has 1 aliphatic heterocycles. The van der Waals surface area contributed by atoms with Crippen LogP contribution < -0.4 is 4.90 Å². The van der Waals surface area contributed by atoms with Crippen LogP contribution in [0.2, 0.25) is 0 Å². The number of carbonyl (C=O) groups excluding carboxylic acids is 2.